The fraction of sp³-hybridized carbons (Fsp3) is 0.192. The highest BCUT2D eigenvalue weighted by Gasteiger charge is 2.29. The Morgan fingerprint density at radius 2 is 1.59 bits per heavy atom. The van der Waals surface area contributed by atoms with Crippen LogP contribution in [0.5, 0.6) is 5.75 Å². The molecule has 4 rings (SSSR count). The molecule has 0 aromatic heterocycles. The van der Waals surface area contributed by atoms with Crippen LogP contribution in [0.15, 0.2) is 66.7 Å². The Kier molecular flexibility index (Phi) is 6.49. The highest BCUT2D eigenvalue weighted by Crippen LogP contribution is 2.44. The molecule has 8 nitrogen and oxygen atoms in total. The van der Waals surface area contributed by atoms with Gasteiger partial charge in [-0.1, -0.05) is 55.5 Å². The first kappa shape index (κ1) is 22.8. The summed E-state index contributed by atoms with van der Waals surface area (Å²) in [6, 6.07) is 18.6. The molecule has 0 aliphatic heterocycles. The summed E-state index contributed by atoms with van der Waals surface area (Å²) in [6.45, 7) is 1.82. The molecule has 0 radical (unpaired) electrons. The van der Waals surface area contributed by atoms with E-state index in [4.69, 9.17) is 9.84 Å². The normalized spacial score (nSPS) is 12.9. The Labute approximate surface area is 196 Å². The minimum absolute atomic E-state index is 0.0577. The van der Waals surface area contributed by atoms with Gasteiger partial charge in [-0.3, -0.25) is 4.79 Å². The zero-order valence-electron chi connectivity index (χ0n) is 18.4. The summed E-state index contributed by atoms with van der Waals surface area (Å²) in [5.74, 6) is -2.19. The third-order valence-corrected chi connectivity index (χ3v) is 5.86. The monoisotopic (exact) mass is 460 g/mol. The number of benzene rings is 3. The number of aromatic carboxylic acids is 1. The quantitative estimate of drug-likeness (QED) is 0.389. The van der Waals surface area contributed by atoms with Crippen LogP contribution in [0.2, 0.25) is 0 Å². The Balaban J connectivity index is 1.40. The Morgan fingerprint density at radius 3 is 2.18 bits per heavy atom. The highest BCUT2D eigenvalue weighted by atomic mass is 16.5. The first-order valence-electron chi connectivity index (χ1n) is 10.9. The van der Waals surface area contributed by atoms with Crippen LogP contribution in [0.25, 0.3) is 11.1 Å². The first-order valence-corrected chi connectivity index (χ1v) is 10.9. The highest BCUT2D eigenvalue weighted by molar-refractivity contribution is 5.99. The molecule has 8 heteroatoms. The van der Waals surface area contributed by atoms with Crippen LogP contribution in [-0.2, 0) is 9.53 Å². The maximum atomic E-state index is 12.7. The van der Waals surface area contributed by atoms with E-state index in [9.17, 15) is 19.5 Å². The molecule has 2 amide bonds. The van der Waals surface area contributed by atoms with E-state index in [0.29, 0.717) is 0 Å². The standard InChI is InChI=1S/C26H24N2O6/c1-2-21(24(30)27-22-13-15(25(31)32)11-12-23(22)29)28-26(33)34-14-20-18-9-5-3-7-16(18)17-8-4-6-10-19(17)20/h3-13,20-21,29H,2,14H2,1H3,(H,27,30)(H,28,33)(H,31,32). The number of amides is 2. The molecule has 3 aromatic carbocycles. The predicted octanol–water partition coefficient (Wildman–Crippen LogP) is 4.35. The smallest absolute Gasteiger partial charge is 0.407 e. The second-order valence-corrected chi connectivity index (χ2v) is 7.96. The summed E-state index contributed by atoms with van der Waals surface area (Å²) >= 11 is 0. The maximum absolute atomic E-state index is 12.7. The molecule has 4 N–H and O–H groups in total. The van der Waals surface area contributed by atoms with E-state index in [1.807, 2.05) is 48.5 Å². The lowest BCUT2D eigenvalue weighted by molar-refractivity contribution is -0.118. The van der Waals surface area contributed by atoms with Gasteiger partial charge in [-0.2, -0.15) is 0 Å². The van der Waals surface area contributed by atoms with Crippen LogP contribution in [-0.4, -0.2) is 40.8 Å². The number of carboxylic acid groups (broad SMARTS) is 1. The summed E-state index contributed by atoms with van der Waals surface area (Å²) in [7, 11) is 0. The zero-order valence-corrected chi connectivity index (χ0v) is 18.4. The van der Waals surface area contributed by atoms with Gasteiger partial charge in [0, 0.05) is 5.92 Å². The number of aromatic hydroxyl groups is 1. The number of nitrogens with one attached hydrogen (secondary N) is 2. The van der Waals surface area contributed by atoms with E-state index in [1.54, 1.807) is 6.92 Å². The van der Waals surface area contributed by atoms with Crippen molar-refractivity contribution in [1.29, 1.82) is 0 Å². The van der Waals surface area contributed by atoms with E-state index in [-0.39, 0.29) is 35.9 Å². The molecule has 0 saturated carbocycles. The van der Waals surface area contributed by atoms with Crippen LogP contribution >= 0.6 is 0 Å². The van der Waals surface area contributed by atoms with E-state index >= 15 is 0 Å². The number of ether oxygens (including phenoxy) is 1. The Bertz CT molecular complexity index is 1210. The van der Waals surface area contributed by atoms with Crippen molar-refractivity contribution < 1.29 is 29.3 Å². The molecule has 1 unspecified atom stereocenters. The van der Waals surface area contributed by atoms with Crippen LogP contribution in [0.4, 0.5) is 10.5 Å². The molecule has 34 heavy (non-hydrogen) atoms. The molecule has 0 saturated heterocycles. The number of phenolic OH excluding ortho intramolecular Hbond substituents is 1. The van der Waals surface area contributed by atoms with Crippen molar-refractivity contribution in [2.24, 2.45) is 0 Å². The van der Waals surface area contributed by atoms with Gasteiger partial charge in [0.1, 0.15) is 18.4 Å². The van der Waals surface area contributed by atoms with Gasteiger partial charge in [-0.05, 0) is 46.9 Å². The summed E-state index contributed by atoms with van der Waals surface area (Å²) in [5.41, 5.74) is 4.23. The van der Waals surface area contributed by atoms with Crippen molar-refractivity contribution in [2.75, 3.05) is 11.9 Å². The number of phenols is 1. The lowest BCUT2D eigenvalue weighted by Crippen LogP contribution is -2.43. The third-order valence-electron chi connectivity index (χ3n) is 5.86. The van der Waals surface area contributed by atoms with Gasteiger partial charge in [0.15, 0.2) is 0 Å². The summed E-state index contributed by atoms with van der Waals surface area (Å²) in [5, 5.41) is 24.1. The van der Waals surface area contributed by atoms with Crippen molar-refractivity contribution in [3.05, 3.63) is 83.4 Å². The fourth-order valence-corrected chi connectivity index (χ4v) is 4.12. The van der Waals surface area contributed by atoms with Crippen molar-refractivity contribution in [2.45, 2.75) is 25.3 Å². The number of carbonyl (C=O) groups excluding carboxylic acids is 2. The van der Waals surface area contributed by atoms with Gasteiger partial charge < -0.3 is 25.6 Å². The Morgan fingerprint density at radius 1 is 0.971 bits per heavy atom. The molecule has 0 fully saturated rings. The SMILES string of the molecule is CCC(NC(=O)OCC1c2ccccc2-c2ccccc21)C(=O)Nc1cc(C(=O)O)ccc1O. The molecule has 1 aliphatic rings. The molecule has 3 aromatic rings. The second kappa shape index (κ2) is 9.66. The number of carboxylic acids is 1. The van der Waals surface area contributed by atoms with Gasteiger partial charge in [0.2, 0.25) is 5.91 Å². The lowest BCUT2D eigenvalue weighted by atomic mass is 9.98. The number of rotatable bonds is 7. The number of fused-ring (bicyclic) bond motifs is 3. The van der Waals surface area contributed by atoms with Crippen LogP contribution in [0.1, 0.15) is 40.7 Å². The summed E-state index contributed by atoms with van der Waals surface area (Å²) in [6.07, 6.45) is -0.484. The van der Waals surface area contributed by atoms with Crippen molar-refractivity contribution in [1.82, 2.24) is 5.32 Å². The topological polar surface area (TPSA) is 125 Å². The molecule has 0 bridgehead atoms. The number of alkyl carbamates (subject to hydrolysis) is 1. The van der Waals surface area contributed by atoms with Gasteiger partial charge >= 0.3 is 12.1 Å². The van der Waals surface area contributed by atoms with Crippen LogP contribution in [0, 0.1) is 0 Å². The first-order chi connectivity index (χ1) is 16.4. The van der Waals surface area contributed by atoms with Crippen molar-refractivity contribution in [3.63, 3.8) is 0 Å². The van der Waals surface area contributed by atoms with Gasteiger partial charge in [0.25, 0.3) is 0 Å². The minimum atomic E-state index is -1.20. The third kappa shape index (κ3) is 4.56. The van der Waals surface area contributed by atoms with Crippen molar-refractivity contribution in [3.8, 4) is 16.9 Å². The predicted molar refractivity (Wildman–Crippen MR) is 126 cm³/mol. The number of hydrogen-bond donors (Lipinski definition) is 4. The van der Waals surface area contributed by atoms with E-state index < -0.39 is 24.0 Å². The van der Waals surface area contributed by atoms with E-state index in [1.165, 1.54) is 12.1 Å². The average Bonchev–Trinajstić information content (AvgIpc) is 3.16. The van der Waals surface area contributed by atoms with Gasteiger partial charge in [-0.25, -0.2) is 9.59 Å². The van der Waals surface area contributed by atoms with Crippen molar-refractivity contribution >= 4 is 23.7 Å². The summed E-state index contributed by atoms with van der Waals surface area (Å²) < 4.78 is 5.49. The van der Waals surface area contributed by atoms with Gasteiger partial charge in [0.05, 0.1) is 11.3 Å². The molecule has 0 spiro atoms. The molecular weight excluding hydrogens is 436 g/mol. The number of anilines is 1. The number of hydrogen-bond acceptors (Lipinski definition) is 5. The van der Waals surface area contributed by atoms with Crippen LogP contribution < -0.4 is 10.6 Å². The van der Waals surface area contributed by atoms with E-state index in [0.717, 1.165) is 28.3 Å². The minimum Gasteiger partial charge on any atom is -0.506 e. The van der Waals surface area contributed by atoms with E-state index in [2.05, 4.69) is 10.6 Å². The Hall–Kier alpha value is -4.33. The van der Waals surface area contributed by atoms with Gasteiger partial charge in [-0.15, -0.1) is 0 Å². The molecule has 0 heterocycles. The molecule has 1 atom stereocenters. The maximum Gasteiger partial charge on any atom is 0.407 e. The molecular formula is C26H24N2O6. The number of carbonyl (C=O) groups is 3. The molecule has 174 valence electrons. The van der Waals surface area contributed by atoms with Crippen LogP contribution in [0.3, 0.4) is 0 Å². The largest absolute Gasteiger partial charge is 0.506 e. The molecule has 1 aliphatic carbocycles. The average molecular weight is 460 g/mol. The second-order valence-electron chi connectivity index (χ2n) is 7.96. The fourth-order valence-electron chi connectivity index (χ4n) is 4.12. The zero-order chi connectivity index (χ0) is 24.2. The lowest BCUT2D eigenvalue weighted by Gasteiger charge is -2.19. The summed E-state index contributed by atoms with van der Waals surface area (Å²) in [4.78, 5) is 36.3.